The fourth-order valence-corrected chi connectivity index (χ4v) is 3.35. The molecule has 3 nitrogen and oxygen atoms in total. The highest BCUT2D eigenvalue weighted by molar-refractivity contribution is 6.50. The molecule has 0 unspecified atom stereocenters. The van der Waals surface area contributed by atoms with E-state index >= 15 is 0 Å². The number of amides is 1. The van der Waals surface area contributed by atoms with Crippen molar-refractivity contribution in [1.82, 2.24) is 0 Å². The third-order valence-electron chi connectivity index (χ3n) is 3.49. The van der Waals surface area contributed by atoms with E-state index in [0.29, 0.717) is 0 Å². The lowest BCUT2D eigenvalue weighted by Crippen LogP contribution is -2.32. The number of alkyl halides is 2. The van der Waals surface area contributed by atoms with Crippen molar-refractivity contribution in [1.29, 1.82) is 0 Å². The van der Waals surface area contributed by atoms with Gasteiger partial charge in [-0.2, -0.15) is 0 Å². The van der Waals surface area contributed by atoms with E-state index in [0.717, 1.165) is 12.1 Å². The summed E-state index contributed by atoms with van der Waals surface area (Å²) in [5.41, 5.74) is 4.48. The smallest absolute Gasteiger partial charge is 0.235 e. The fourth-order valence-electron chi connectivity index (χ4n) is 2.29. The normalized spacial score (nSPS) is 12.8. The first kappa shape index (κ1) is 21.3. The summed E-state index contributed by atoms with van der Waals surface area (Å²) >= 11 is 30.2. The van der Waals surface area contributed by atoms with Crippen molar-refractivity contribution >= 4 is 75.3 Å². The fraction of sp³-hybridized carbons (Fsp3) is 0.188. The van der Waals surface area contributed by atoms with E-state index in [1.165, 1.54) is 19.1 Å². The quantitative estimate of drug-likeness (QED) is 0.313. The van der Waals surface area contributed by atoms with Gasteiger partial charge in [0, 0.05) is 0 Å². The van der Waals surface area contributed by atoms with E-state index in [-0.39, 0.29) is 26.3 Å². The van der Waals surface area contributed by atoms with Gasteiger partial charge in [0.1, 0.15) is 15.8 Å². The minimum Gasteiger partial charge on any atom is -0.394 e. The van der Waals surface area contributed by atoms with E-state index < -0.39 is 33.5 Å². The molecule has 0 spiro atoms. The molecule has 26 heavy (non-hydrogen) atoms. The van der Waals surface area contributed by atoms with Gasteiger partial charge in [0.05, 0.1) is 26.7 Å². The van der Waals surface area contributed by atoms with E-state index in [9.17, 15) is 13.6 Å². The summed E-state index contributed by atoms with van der Waals surface area (Å²) in [5, 5.41) is 2.55. The van der Waals surface area contributed by atoms with Crippen LogP contribution in [-0.2, 0) is 4.79 Å². The molecule has 10 heteroatoms. The van der Waals surface area contributed by atoms with Gasteiger partial charge in [-0.25, -0.2) is 8.78 Å². The first-order chi connectivity index (χ1) is 11.9. The highest BCUT2D eigenvalue weighted by Gasteiger charge is 2.38. The van der Waals surface area contributed by atoms with Crippen LogP contribution in [0.5, 0.6) is 0 Å². The molecule has 2 aromatic rings. The molecular formula is C16H11Cl5F2N2O. The largest absolute Gasteiger partial charge is 0.394 e. The predicted molar refractivity (Wildman–Crippen MR) is 104 cm³/mol. The Morgan fingerprint density at radius 1 is 1.15 bits per heavy atom. The summed E-state index contributed by atoms with van der Waals surface area (Å²) in [7, 11) is 0. The van der Waals surface area contributed by atoms with Crippen LogP contribution in [-0.4, -0.2) is 10.2 Å². The van der Waals surface area contributed by atoms with Crippen LogP contribution in [0.3, 0.4) is 0 Å². The average Bonchev–Trinajstić information content (AvgIpc) is 2.52. The number of nitrogens with two attached hydrogens (primary N) is 1. The SMILES string of the molecule is CC(Cl)(Cl)[C@H](C(=O)Nc1ccc(F)c(N)c1F)c1cc(Cl)c(Cl)c(Cl)c1. The maximum absolute atomic E-state index is 14.1. The molecule has 0 saturated heterocycles. The molecule has 1 amide bonds. The summed E-state index contributed by atoms with van der Waals surface area (Å²) in [6, 6.07) is 4.69. The second-order valence-corrected chi connectivity index (χ2v) is 8.46. The van der Waals surface area contributed by atoms with Crippen molar-refractivity contribution < 1.29 is 13.6 Å². The third-order valence-corrected chi connectivity index (χ3v) is 5.13. The van der Waals surface area contributed by atoms with Gasteiger partial charge >= 0.3 is 0 Å². The molecule has 0 heterocycles. The van der Waals surface area contributed by atoms with Crippen LogP contribution in [0.1, 0.15) is 18.4 Å². The molecule has 0 fully saturated rings. The van der Waals surface area contributed by atoms with Gasteiger partial charge in [-0.1, -0.05) is 34.8 Å². The molecule has 0 bridgehead atoms. The Kier molecular flexibility index (Phi) is 6.52. The lowest BCUT2D eigenvalue weighted by molar-refractivity contribution is -0.117. The minimum atomic E-state index is -1.62. The zero-order chi connectivity index (χ0) is 19.8. The number of anilines is 2. The molecule has 3 N–H and O–H groups in total. The molecule has 0 aliphatic rings. The zero-order valence-electron chi connectivity index (χ0n) is 13.0. The summed E-state index contributed by atoms with van der Waals surface area (Å²) in [4.78, 5) is 12.7. The molecule has 0 aromatic heterocycles. The van der Waals surface area contributed by atoms with Crippen LogP contribution >= 0.6 is 58.0 Å². The molecule has 1 atom stereocenters. The molecule has 0 radical (unpaired) electrons. The molecule has 140 valence electrons. The van der Waals surface area contributed by atoms with E-state index in [1.807, 2.05) is 0 Å². The van der Waals surface area contributed by atoms with Gasteiger partial charge in [0.15, 0.2) is 5.82 Å². The highest BCUT2D eigenvalue weighted by Crippen LogP contribution is 2.42. The molecule has 0 aliphatic carbocycles. The Hall–Kier alpha value is -0.980. The Balaban J connectivity index is 2.46. The Morgan fingerprint density at radius 2 is 1.69 bits per heavy atom. The second-order valence-electron chi connectivity index (χ2n) is 5.50. The van der Waals surface area contributed by atoms with E-state index in [1.54, 1.807) is 0 Å². The zero-order valence-corrected chi connectivity index (χ0v) is 16.8. The van der Waals surface area contributed by atoms with Gasteiger partial charge in [0.25, 0.3) is 0 Å². The monoisotopic (exact) mass is 460 g/mol. The number of rotatable bonds is 4. The first-order valence-electron chi connectivity index (χ1n) is 7.00. The highest BCUT2D eigenvalue weighted by atomic mass is 35.5. The summed E-state index contributed by atoms with van der Waals surface area (Å²) < 4.78 is 25.7. The Morgan fingerprint density at radius 3 is 2.19 bits per heavy atom. The molecule has 2 rings (SSSR count). The summed E-state index contributed by atoms with van der Waals surface area (Å²) in [6.45, 7) is 1.37. The third kappa shape index (κ3) is 4.46. The number of halogens is 7. The van der Waals surface area contributed by atoms with Crippen LogP contribution in [0.25, 0.3) is 0 Å². The van der Waals surface area contributed by atoms with Gasteiger partial charge < -0.3 is 11.1 Å². The van der Waals surface area contributed by atoms with Crippen LogP contribution in [0.4, 0.5) is 20.2 Å². The number of hydrogen-bond acceptors (Lipinski definition) is 2. The maximum Gasteiger partial charge on any atom is 0.235 e. The van der Waals surface area contributed by atoms with Crippen molar-refractivity contribution in [3.05, 3.63) is 56.5 Å². The average molecular weight is 463 g/mol. The number of benzene rings is 2. The van der Waals surface area contributed by atoms with Crippen molar-refractivity contribution in [2.75, 3.05) is 11.1 Å². The second kappa shape index (κ2) is 7.95. The van der Waals surface area contributed by atoms with Crippen molar-refractivity contribution in [3.8, 4) is 0 Å². The lowest BCUT2D eigenvalue weighted by atomic mass is 9.94. The minimum absolute atomic E-state index is 0.0850. The lowest BCUT2D eigenvalue weighted by Gasteiger charge is -2.26. The number of nitrogen functional groups attached to an aromatic ring is 1. The predicted octanol–water partition coefficient (Wildman–Crippen LogP) is 6.42. The van der Waals surface area contributed by atoms with Crippen molar-refractivity contribution in [2.24, 2.45) is 0 Å². The number of carbonyl (C=O) groups is 1. The summed E-state index contributed by atoms with van der Waals surface area (Å²) in [6.07, 6.45) is 0. The Bertz CT molecular complexity index is 847. The van der Waals surface area contributed by atoms with Crippen LogP contribution < -0.4 is 11.1 Å². The van der Waals surface area contributed by atoms with Crippen LogP contribution in [0.15, 0.2) is 24.3 Å². The van der Waals surface area contributed by atoms with Crippen LogP contribution in [0, 0.1) is 11.6 Å². The number of carbonyl (C=O) groups excluding carboxylic acids is 1. The van der Waals surface area contributed by atoms with Gasteiger partial charge in [-0.15, -0.1) is 23.2 Å². The van der Waals surface area contributed by atoms with Crippen LogP contribution in [0.2, 0.25) is 15.1 Å². The standard InChI is InChI=1S/C16H11Cl5F2N2O/c1-16(20,21)11(6-4-7(17)12(19)8(18)5-6)15(26)25-10-3-2-9(22)14(24)13(10)23/h2-5,11H,24H2,1H3,(H,25,26)/t11-/m0/s1. The topological polar surface area (TPSA) is 55.1 Å². The van der Waals surface area contributed by atoms with Gasteiger partial charge in [0.2, 0.25) is 5.91 Å². The number of nitrogens with one attached hydrogen (secondary N) is 1. The van der Waals surface area contributed by atoms with Crippen molar-refractivity contribution in [2.45, 2.75) is 17.2 Å². The molecule has 2 aromatic carbocycles. The summed E-state index contributed by atoms with van der Waals surface area (Å²) in [5.74, 6) is -4.05. The van der Waals surface area contributed by atoms with Gasteiger partial charge in [-0.05, 0) is 36.8 Å². The molecular weight excluding hydrogens is 451 g/mol. The van der Waals surface area contributed by atoms with Gasteiger partial charge in [-0.3, -0.25) is 4.79 Å². The first-order valence-corrected chi connectivity index (χ1v) is 8.89. The Labute approximate surface area is 173 Å². The molecule has 0 saturated carbocycles. The maximum atomic E-state index is 14.1. The van der Waals surface area contributed by atoms with Crippen molar-refractivity contribution in [3.63, 3.8) is 0 Å². The van der Waals surface area contributed by atoms with E-state index in [4.69, 9.17) is 63.7 Å². The molecule has 0 aliphatic heterocycles. The van der Waals surface area contributed by atoms with E-state index in [2.05, 4.69) is 5.32 Å². The number of hydrogen-bond donors (Lipinski definition) is 2.